The van der Waals surface area contributed by atoms with Crippen LogP contribution in [0.2, 0.25) is 0 Å². The average molecular weight is 422 g/mol. The average Bonchev–Trinajstić information content (AvgIpc) is 2.62. The van der Waals surface area contributed by atoms with Crippen molar-refractivity contribution in [2.45, 2.75) is 117 Å². The quantitative estimate of drug-likeness (QED) is 0.583. The van der Waals surface area contributed by atoms with E-state index in [2.05, 4.69) is 70.1 Å². The molecule has 2 atom stereocenters. The van der Waals surface area contributed by atoms with Crippen molar-refractivity contribution in [3.05, 3.63) is 0 Å². The maximum Gasteiger partial charge on any atom is 0.0627 e. The summed E-state index contributed by atoms with van der Waals surface area (Å²) < 4.78 is 6.30. The molecule has 0 aromatic rings. The Labute approximate surface area is 187 Å². The normalized spacial score (nSPS) is 33.6. The minimum Gasteiger partial charge on any atom is -0.372 e. The Morgan fingerprint density at radius 2 is 1.40 bits per heavy atom. The van der Waals surface area contributed by atoms with Gasteiger partial charge < -0.3 is 4.74 Å². The molecule has 1 saturated carbocycles. The molecule has 0 spiro atoms. The highest BCUT2D eigenvalue weighted by molar-refractivity contribution is 4.92. The molecule has 2 aliphatic heterocycles. The van der Waals surface area contributed by atoms with Crippen LogP contribution in [0.5, 0.6) is 0 Å². The second-order valence-electron chi connectivity index (χ2n) is 12.4. The van der Waals surface area contributed by atoms with E-state index < -0.39 is 0 Å². The summed E-state index contributed by atoms with van der Waals surface area (Å²) in [5.41, 5.74) is 0.377. The largest absolute Gasteiger partial charge is 0.372 e. The first-order valence-corrected chi connectivity index (χ1v) is 12.9. The number of hydrogen-bond acceptors (Lipinski definition) is 4. The molecular formula is C26H51N3O. The molecule has 4 nitrogen and oxygen atoms in total. The van der Waals surface area contributed by atoms with Crippen LogP contribution in [0.15, 0.2) is 0 Å². The molecule has 2 heterocycles. The van der Waals surface area contributed by atoms with Gasteiger partial charge in [0, 0.05) is 43.8 Å². The van der Waals surface area contributed by atoms with E-state index >= 15 is 0 Å². The third-order valence-corrected chi connectivity index (χ3v) is 8.26. The summed E-state index contributed by atoms with van der Waals surface area (Å²) >= 11 is 0. The van der Waals surface area contributed by atoms with Crippen molar-refractivity contribution in [1.29, 1.82) is 0 Å². The van der Waals surface area contributed by atoms with Gasteiger partial charge in [0.25, 0.3) is 0 Å². The van der Waals surface area contributed by atoms with Gasteiger partial charge in [-0.2, -0.15) is 0 Å². The highest BCUT2D eigenvalue weighted by atomic mass is 16.5. The number of nitrogens with zero attached hydrogens (tertiary/aromatic N) is 3. The Balaban J connectivity index is 1.39. The van der Waals surface area contributed by atoms with Gasteiger partial charge in [-0.1, -0.05) is 6.92 Å². The van der Waals surface area contributed by atoms with Gasteiger partial charge in [0.2, 0.25) is 0 Å². The first-order chi connectivity index (χ1) is 14.0. The van der Waals surface area contributed by atoms with Crippen molar-refractivity contribution in [2.24, 2.45) is 11.8 Å². The number of ether oxygens (including phenoxy) is 1. The van der Waals surface area contributed by atoms with Crippen LogP contribution in [-0.4, -0.2) is 83.3 Å². The van der Waals surface area contributed by atoms with E-state index in [1.165, 1.54) is 65.0 Å². The molecule has 0 amide bonds. The van der Waals surface area contributed by atoms with Gasteiger partial charge in [0.05, 0.1) is 11.7 Å². The van der Waals surface area contributed by atoms with Crippen LogP contribution in [0.25, 0.3) is 0 Å². The number of hydrogen-bond donors (Lipinski definition) is 0. The zero-order valence-electron chi connectivity index (χ0n) is 21.4. The SMILES string of the molecule is CCC(C)(C)O[C@H]1C[C@H](CN2C(C)CN(CC3CCN(C(C)(C)C)CC3)CC2C)C1. The van der Waals surface area contributed by atoms with Gasteiger partial charge in [-0.15, -0.1) is 0 Å². The minimum atomic E-state index is 0.0465. The van der Waals surface area contributed by atoms with E-state index in [1.54, 1.807) is 0 Å². The topological polar surface area (TPSA) is 19.0 Å². The zero-order valence-corrected chi connectivity index (χ0v) is 21.4. The summed E-state index contributed by atoms with van der Waals surface area (Å²) in [5.74, 6) is 1.72. The summed E-state index contributed by atoms with van der Waals surface area (Å²) in [6, 6.07) is 1.35. The zero-order chi connectivity index (χ0) is 22.1. The second kappa shape index (κ2) is 9.77. The van der Waals surface area contributed by atoms with Crippen LogP contribution in [0, 0.1) is 11.8 Å². The molecule has 1 aliphatic carbocycles. The molecule has 0 bridgehead atoms. The summed E-state index contributed by atoms with van der Waals surface area (Å²) in [6.07, 6.45) is 6.86. The summed E-state index contributed by atoms with van der Waals surface area (Å²) in [5, 5.41) is 0. The van der Waals surface area contributed by atoms with E-state index in [-0.39, 0.29) is 5.60 Å². The van der Waals surface area contributed by atoms with Crippen molar-refractivity contribution in [3.63, 3.8) is 0 Å². The maximum atomic E-state index is 6.30. The maximum absolute atomic E-state index is 6.30. The van der Waals surface area contributed by atoms with E-state index in [1.807, 2.05) is 0 Å². The fraction of sp³-hybridized carbons (Fsp3) is 1.00. The Morgan fingerprint density at radius 3 is 1.90 bits per heavy atom. The van der Waals surface area contributed by atoms with Crippen LogP contribution in [0.1, 0.15) is 87.5 Å². The predicted octanol–water partition coefficient (Wildman–Crippen LogP) is 4.88. The first-order valence-electron chi connectivity index (χ1n) is 12.9. The molecule has 2 saturated heterocycles. The standard InChI is InChI=1S/C26H51N3O/c1-9-26(7,8)30-24-14-23(15-24)19-29-20(2)16-27(17-21(29)3)18-22-10-12-28(13-11-22)25(4,5)6/h20-24H,9-19H2,1-8H3/t20?,21?,23-,24-. The van der Waals surface area contributed by atoms with Gasteiger partial charge >= 0.3 is 0 Å². The monoisotopic (exact) mass is 421 g/mol. The number of rotatable bonds is 7. The lowest BCUT2D eigenvalue weighted by Gasteiger charge is -2.49. The van der Waals surface area contributed by atoms with Crippen LogP contribution < -0.4 is 0 Å². The lowest BCUT2D eigenvalue weighted by molar-refractivity contribution is -0.129. The molecule has 30 heavy (non-hydrogen) atoms. The van der Waals surface area contributed by atoms with Crippen molar-refractivity contribution in [2.75, 3.05) is 39.3 Å². The lowest BCUT2D eigenvalue weighted by atomic mass is 9.80. The highest BCUT2D eigenvalue weighted by Gasteiger charge is 2.38. The summed E-state index contributed by atoms with van der Waals surface area (Å²) in [6.45, 7) is 26.3. The second-order valence-corrected chi connectivity index (χ2v) is 12.4. The molecule has 0 aromatic heterocycles. The van der Waals surface area contributed by atoms with Gasteiger partial charge in [-0.25, -0.2) is 0 Å². The Kier molecular flexibility index (Phi) is 7.97. The van der Waals surface area contributed by atoms with Crippen molar-refractivity contribution >= 4 is 0 Å². The smallest absolute Gasteiger partial charge is 0.0627 e. The van der Waals surface area contributed by atoms with Crippen LogP contribution in [0.4, 0.5) is 0 Å². The highest BCUT2D eigenvalue weighted by Crippen LogP contribution is 2.36. The van der Waals surface area contributed by atoms with Gasteiger partial charge in [-0.05, 0) is 105 Å². The molecule has 0 radical (unpaired) electrons. The van der Waals surface area contributed by atoms with Crippen LogP contribution in [0.3, 0.4) is 0 Å². The molecule has 3 rings (SSSR count). The predicted molar refractivity (Wildman–Crippen MR) is 128 cm³/mol. The molecule has 4 heteroatoms. The lowest BCUT2D eigenvalue weighted by Crippen LogP contribution is -2.59. The fourth-order valence-electron chi connectivity index (χ4n) is 5.88. The van der Waals surface area contributed by atoms with Crippen molar-refractivity contribution in [3.8, 4) is 0 Å². The Morgan fingerprint density at radius 1 is 0.833 bits per heavy atom. The van der Waals surface area contributed by atoms with Gasteiger partial charge in [0.15, 0.2) is 0 Å². The summed E-state index contributed by atoms with van der Waals surface area (Å²) in [7, 11) is 0. The third-order valence-electron chi connectivity index (χ3n) is 8.26. The molecule has 2 unspecified atom stereocenters. The molecule has 0 aromatic carbocycles. The van der Waals surface area contributed by atoms with Gasteiger partial charge in [-0.3, -0.25) is 14.7 Å². The van der Waals surface area contributed by atoms with E-state index in [0.29, 0.717) is 23.7 Å². The van der Waals surface area contributed by atoms with Crippen LogP contribution >= 0.6 is 0 Å². The molecule has 176 valence electrons. The van der Waals surface area contributed by atoms with Crippen molar-refractivity contribution in [1.82, 2.24) is 14.7 Å². The Bertz CT molecular complexity index is 517. The van der Waals surface area contributed by atoms with Gasteiger partial charge in [0.1, 0.15) is 0 Å². The first kappa shape index (κ1) is 24.5. The minimum absolute atomic E-state index is 0.0465. The summed E-state index contributed by atoms with van der Waals surface area (Å²) in [4.78, 5) is 8.24. The molecule has 3 fully saturated rings. The van der Waals surface area contributed by atoms with E-state index in [4.69, 9.17) is 4.74 Å². The fourth-order valence-corrected chi connectivity index (χ4v) is 5.88. The third kappa shape index (κ3) is 6.43. The Hall–Kier alpha value is -0.160. The number of likely N-dealkylation sites (tertiary alicyclic amines) is 1. The number of piperazine rings is 1. The van der Waals surface area contributed by atoms with Crippen LogP contribution in [-0.2, 0) is 4.74 Å². The van der Waals surface area contributed by atoms with E-state index in [0.717, 1.165) is 18.3 Å². The molecule has 0 N–H and O–H groups in total. The molecule has 3 aliphatic rings. The molecular weight excluding hydrogens is 370 g/mol. The number of piperidine rings is 1. The van der Waals surface area contributed by atoms with E-state index in [9.17, 15) is 0 Å². The van der Waals surface area contributed by atoms with Crippen molar-refractivity contribution < 1.29 is 4.74 Å².